The molecule has 1 aromatic heterocycles. The quantitative estimate of drug-likeness (QED) is 0.489. The van der Waals surface area contributed by atoms with Crippen LogP contribution in [0.5, 0.6) is 11.5 Å². The number of nitrogens with zero attached hydrogens (tertiary/aromatic N) is 1. The maximum absolute atomic E-state index is 15.4. The Kier molecular flexibility index (Phi) is 5.36. The summed E-state index contributed by atoms with van der Waals surface area (Å²) in [7, 11) is -2.95. The molecule has 3 heterocycles. The van der Waals surface area contributed by atoms with Crippen LogP contribution in [0.3, 0.4) is 0 Å². The minimum Gasteiger partial charge on any atom is -0.493 e. The van der Waals surface area contributed by atoms with Crippen molar-refractivity contribution >= 4 is 7.82 Å². The van der Waals surface area contributed by atoms with Crippen molar-refractivity contribution in [2.75, 3.05) is 13.7 Å². The summed E-state index contributed by atoms with van der Waals surface area (Å²) < 4.78 is 62.8. The second-order valence-electron chi connectivity index (χ2n) is 6.89. The van der Waals surface area contributed by atoms with E-state index in [1.165, 1.54) is 7.11 Å². The minimum atomic E-state index is -4.33. The number of aromatic nitrogens is 2. The molecular weight excluding hydrogens is 450 g/mol. The van der Waals surface area contributed by atoms with E-state index < -0.39 is 50.3 Å². The Bertz CT molecular complexity index is 1290. The van der Waals surface area contributed by atoms with Crippen LogP contribution < -0.4 is 20.5 Å². The number of benzene rings is 1. The zero-order valence-corrected chi connectivity index (χ0v) is 17.5. The fourth-order valence-corrected chi connectivity index (χ4v) is 4.43. The van der Waals surface area contributed by atoms with Crippen LogP contribution in [0.4, 0.5) is 4.39 Å². The standard InChI is InChI=1S/C19H18FN2O9P/c1-3-11-8-22(18(25)21-16(11)24)17-13(23)7-19(20,30-17)10-29-32(26)28-9-12-5-4-6-14(27-2)15(12)31-32/h1,4-6,8,13,17,23H,7,9-10H2,2H3,(H,21,24,25)/t13-,17-,19+,32?/m1/s1/i17D. The highest BCUT2D eigenvalue weighted by Gasteiger charge is 2.50. The van der Waals surface area contributed by atoms with Gasteiger partial charge in [-0.15, -0.1) is 6.42 Å². The van der Waals surface area contributed by atoms with Crippen molar-refractivity contribution in [3.8, 4) is 23.8 Å². The molecule has 2 aliphatic heterocycles. The van der Waals surface area contributed by atoms with E-state index in [4.69, 9.17) is 30.8 Å². The van der Waals surface area contributed by atoms with Crippen LogP contribution >= 0.6 is 7.82 Å². The predicted molar refractivity (Wildman–Crippen MR) is 106 cm³/mol. The van der Waals surface area contributed by atoms with Crippen LogP contribution in [0.25, 0.3) is 0 Å². The van der Waals surface area contributed by atoms with Gasteiger partial charge in [-0.1, -0.05) is 18.1 Å². The van der Waals surface area contributed by atoms with Crippen LogP contribution in [0, 0.1) is 12.3 Å². The highest BCUT2D eigenvalue weighted by Crippen LogP contribution is 2.57. The second kappa shape index (κ2) is 8.20. The van der Waals surface area contributed by atoms with Crippen LogP contribution in [0.15, 0.2) is 34.0 Å². The lowest BCUT2D eigenvalue weighted by atomic mass is 10.2. The Morgan fingerprint density at radius 3 is 3.03 bits per heavy atom. The molecule has 0 aliphatic carbocycles. The zero-order chi connectivity index (χ0) is 24.0. The van der Waals surface area contributed by atoms with Gasteiger partial charge < -0.3 is 19.1 Å². The largest absolute Gasteiger partial charge is 0.530 e. The molecule has 0 radical (unpaired) electrons. The maximum atomic E-state index is 15.4. The zero-order valence-electron chi connectivity index (χ0n) is 17.6. The van der Waals surface area contributed by atoms with E-state index >= 15 is 4.39 Å². The average molecular weight is 469 g/mol. The lowest BCUT2D eigenvalue weighted by Gasteiger charge is -2.28. The number of halogens is 1. The number of aliphatic hydroxyl groups is 1. The molecule has 170 valence electrons. The van der Waals surface area contributed by atoms with Crippen LogP contribution in [0.1, 0.15) is 25.1 Å². The third-order valence-electron chi connectivity index (χ3n) is 4.71. The number of fused-ring (bicyclic) bond motifs is 1. The fraction of sp³-hybridized carbons (Fsp3) is 0.368. The number of phosphoric ester groups is 1. The Labute approximate surface area is 181 Å². The summed E-state index contributed by atoms with van der Waals surface area (Å²) in [5.41, 5.74) is -1.87. The molecule has 2 aliphatic rings. The number of hydrogen-bond acceptors (Lipinski definition) is 9. The van der Waals surface area contributed by atoms with E-state index in [-0.39, 0.29) is 23.7 Å². The highest BCUT2D eigenvalue weighted by atomic mass is 31.2. The smallest absolute Gasteiger partial charge is 0.493 e. The number of para-hydroxylation sites is 1. The van der Waals surface area contributed by atoms with E-state index in [0.29, 0.717) is 10.1 Å². The number of ether oxygens (including phenoxy) is 2. The molecule has 1 aromatic carbocycles. The van der Waals surface area contributed by atoms with E-state index in [9.17, 15) is 19.3 Å². The lowest BCUT2D eigenvalue weighted by molar-refractivity contribution is -0.179. The van der Waals surface area contributed by atoms with Crippen LogP contribution in [-0.2, 0) is 25.0 Å². The van der Waals surface area contributed by atoms with Crippen molar-refractivity contribution in [2.45, 2.75) is 31.2 Å². The summed E-state index contributed by atoms with van der Waals surface area (Å²) >= 11 is 0. The number of rotatable bonds is 5. The van der Waals surface area contributed by atoms with Gasteiger partial charge in [0.15, 0.2) is 17.7 Å². The highest BCUT2D eigenvalue weighted by molar-refractivity contribution is 7.49. The van der Waals surface area contributed by atoms with E-state index in [2.05, 4.69) is 0 Å². The first-order valence-corrected chi connectivity index (χ1v) is 10.6. The monoisotopic (exact) mass is 469 g/mol. The van der Waals surface area contributed by atoms with Crippen molar-refractivity contribution in [3.05, 3.63) is 56.4 Å². The molecule has 0 spiro atoms. The Balaban J connectivity index is 1.55. The van der Waals surface area contributed by atoms with E-state index in [1.807, 2.05) is 10.9 Å². The lowest BCUT2D eigenvalue weighted by Crippen LogP contribution is -2.37. The molecule has 1 saturated heterocycles. The average Bonchev–Trinajstić information content (AvgIpc) is 3.01. The summed E-state index contributed by atoms with van der Waals surface area (Å²) in [5.74, 6) is -0.508. The molecule has 4 rings (SSSR count). The van der Waals surface area contributed by atoms with Crippen LogP contribution in [-0.4, -0.2) is 40.3 Å². The summed E-state index contributed by atoms with van der Waals surface area (Å²) in [4.78, 5) is 25.7. The van der Waals surface area contributed by atoms with Crippen LogP contribution in [0.2, 0.25) is 0 Å². The SMILES string of the molecule is [2H][C@@]1(n2cc(C#C)c(=O)[nH]c2=O)O[C@](F)(COP2(=O)OCc3cccc(OC)c3O2)C[C@H]1O. The number of hydrogen-bond donors (Lipinski definition) is 2. The number of H-pyrrole nitrogens is 1. The molecule has 0 saturated carbocycles. The van der Waals surface area contributed by atoms with E-state index in [1.54, 1.807) is 18.2 Å². The third kappa shape index (κ3) is 4.09. The van der Waals surface area contributed by atoms with Gasteiger partial charge in [0.05, 0.1) is 15.1 Å². The number of nitrogens with one attached hydrogen (secondary N) is 1. The molecule has 13 heteroatoms. The Morgan fingerprint density at radius 2 is 2.31 bits per heavy atom. The number of aromatic amines is 1. The summed E-state index contributed by atoms with van der Waals surface area (Å²) in [6.07, 6.45) is 0.543. The summed E-state index contributed by atoms with van der Waals surface area (Å²) in [5, 5.41) is 10.3. The van der Waals surface area contributed by atoms with Crippen molar-refractivity contribution in [3.63, 3.8) is 0 Å². The molecule has 4 atom stereocenters. The second-order valence-corrected chi connectivity index (χ2v) is 8.49. The molecular formula is C19H18FN2O9P. The first-order chi connectivity index (χ1) is 15.5. The minimum absolute atomic E-state index is 0.103. The van der Waals surface area contributed by atoms with Crippen molar-refractivity contribution < 1.29 is 38.5 Å². The topological polar surface area (TPSA) is 138 Å². The molecule has 11 nitrogen and oxygen atoms in total. The number of methoxy groups -OCH3 is 1. The Morgan fingerprint density at radius 1 is 1.53 bits per heavy atom. The Hall–Kier alpha value is -2.94. The van der Waals surface area contributed by atoms with Crippen molar-refractivity contribution in [1.29, 1.82) is 0 Å². The summed E-state index contributed by atoms with van der Waals surface area (Å²) in [6, 6.07) is 4.88. The first-order valence-electron chi connectivity index (χ1n) is 9.67. The van der Waals surface area contributed by atoms with E-state index in [0.717, 1.165) is 6.20 Å². The van der Waals surface area contributed by atoms with Gasteiger partial charge in [0.1, 0.15) is 18.3 Å². The number of terminal acetylenes is 1. The third-order valence-corrected chi connectivity index (χ3v) is 6.00. The molecule has 2 N–H and O–H groups in total. The van der Waals surface area contributed by atoms with Gasteiger partial charge in [0.25, 0.3) is 5.56 Å². The van der Waals surface area contributed by atoms with Gasteiger partial charge in [0.2, 0.25) is 5.85 Å². The van der Waals surface area contributed by atoms with Crippen molar-refractivity contribution in [1.82, 2.24) is 9.55 Å². The molecule has 1 unspecified atom stereocenters. The number of phosphoric acid groups is 1. The molecule has 1 fully saturated rings. The normalized spacial score (nSPS) is 31.8. The fourth-order valence-electron chi connectivity index (χ4n) is 3.17. The van der Waals surface area contributed by atoms with Gasteiger partial charge in [-0.25, -0.2) is 13.8 Å². The summed E-state index contributed by atoms with van der Waals surface area (Å²) in [6.45, 7) is -1.25. The van der Waals surface area contributed by atoms with Gasteiger partial charge >= 0.3 is 13.5 Å². The van der Waals surface area contributed by atoms with Gasteiger partial charge in [0, 0.05) is 18.2 Å². The molecule has 0 bridgehead atoms. The molecule has 2 aromatic rings. The predicted octanol–water partition coefficient (Wildman–Crippen LogP) is 1.21. The molecule has 0 amide bonds. The number of alkyl halides is 1. The molecule has 32 heavy (non-hydrogen) atoms. The van der Waals surface area contributed by atoms with Gasteiger partial charge in [-0.05, 0) is 6.07 Å². The first kappa shape index (κ1) is 20.9. The van der Waals surface area contributed by atoms with Gasteiger partial charge in [-0.2, -0.15) is 0 Å². The van der Waals surface area contributed by atoms with Gasteiger partial charge in [-0.3, -0.25) is 23.4 Å². The maximum Gasteiger partial charge on any atom is 0.530 e. The number of aliphatic hydroxyl groups excluding tert-OH is 1. The van der Waals surface area contributed by atoms with Crippen molar-refractivity contribution in [2.24, 2.45) is 0 Å².